The van der Waals surface area contributed by atoms with Crippen molar-refractivity contribution in [2.45, 2.75) is 52.4 Å². The van der Waals surface area contributed by atoms with Crippen molar-refractivity contribution < 1.29 is 39.0 Å². The van der Waals surface area contributed by atoms with Crippen LogP contribution in [0.1, 0.15) is 44.5 Å². The Balaban J connectivity index is 0.000000228. The van der Waals surface area contributed by atoms with E-state index in [0.717, 1.165) is 52.4 Å². The Morgan fingerprint density at radius 1 is 0.147 bits per heavy atom. The second-order valence-corrected chi connectivity index (χ2v) is 15.2. The second kappa shape index (κ2) is 38.1. The summed E-state index contributed by atoms with van der Waals surface area (Å²) < 4.78 is 0. The van der Waals surface area contributed by atoms with Crippen LogP contribution in [0.25, 0.3) is 21.3 Å². The van der Waals surface area contributed by atoms with Gasteiger partial charge < -0.3 is 21.3 Å². The van der Waals surface area contributed by atoms with Crippen LogP contribution in [0.4, 0.5) is 0 Å². The Bertz CT molecular complexity index is 1930. The Morgan fingerprint density at radius 2 is 0.235 bits per heavy atom. The van der Waals surface area contributed by atoms with Gasteiger partial charge in [0.25, 0.3) is 0 Å². The minimum atomic E-state index is 0. The molecule has 6 heteroatoms. The number of rotatable bonds is 16. The largest absolute Gasteiger partial charge is 2.00 e. The molecule has 334 valence electrons. The summed E-state index contributed by atoms with van der Waals surface area (Å²) in [5, 5.41) is 18.0. The molecule has 68 heavy (non-hydrogen) atoms. The maximum Gasteiger partial charge on any atom is 2.00 e. The minimum Gasteiger partial charge on any atom is -0.655 e. The quantitative estimate of drug-likeness (QED) is 0.0866. The zero-order valence-corrected chi connectivity index (χ0v) is 45.4. The van der Waals surface area contributed by atoms with Gasteiger partial charge in [0.15, 0.2) is 0 Å². The molecule has 4 nitrogen and oxygen atoms in total. The molecular formula is C62H62N4Zn2. The molecule has 0 fully saturated rings. The molecule has 0 amide bonds. The summed E-state index contributed by atoms with van der Waals surface area (Å²) in [6, 6.07) is 94.7. The van der Waals surface area contributed by atoms with E-state index in [2.05, 4.69) is 118 Å². The Kier molecular flexibility index (Phi) is 31.6. The maximum atomic E-state index is 4.51. The van der Waals surface area contributed by atoms with Gasteiger partial charge in [-0.05, 0) is 0 Å². The number of hydrogen-bond donors (Lipinski definition) is 0. The third-order valence-corrected chi connectivity index (χ3v) is 9.76. The van der Waals surface area contributed by atoms with Crippen LogP contribution in [-0.4, -0.2) is 0 Å². The maximum absolute atomic E-state index is 4.51. The van der Waals surface area contributed by atoms with Crippen LogP contribution in [0.3, 0.4) is 0 Å². The van der Waals surface area contributed by atoms with Crippen molar-refractivity contribution in [2.24, 2.45) is 0 Å². The normalized spacial score (nSPS) is 9.65. The predicted molar refractivity (Wildman–Crippen MR) is 281 cm³/mol. The summed E-state index contributed by atoms with van der Waals surface area (Å²) in [7, 11) is 0. The number of hydrogen-bond acceptors (Lipinski definition) is 0. The molecule has 0 unspecified atom stereocenters. The summed E-state index contributed by atoms with van der Waals surface area (Å²) in [4.78, 5) is 0. The first-order valence-electron chi connectivity index (χ1n) is 22.6. The van der Waals surface area contributed by atoms with Crippen molar-refractivity contribution in [3.05, 3.63) is 345 Å². The van der Waals surface area contributed by atoms with Crippen molar-refractivity contribution >= 4 is 0 Å². The summed E-state index contributed by atoms with van der Waals surface area (Å²) in [5.41, 5.74) is 10.2. The fourth-order valence-corrected chi connectivity index (χ4v) is 6.31. The molecule has 0 aliphatic carbocycles. The summed E-state index contributed by atoms with van der Waals surface area (Å²) >= 11 is 0. The van der Waals surface area contributed by atoms with Crippen molar-refractivity contribution in [1.29, 1.82) is 0 Å². The third-order valence-electron chi connectivity index (χ3n) is 9.76. The Hall–Kier alpha value is -5.93. The Morgan fingerprint density at radius 3 is 0.338 bits per heavy atom. The van der Waals surface area contributed by atoms with E-state index < -0.39 is 0 Å². The van der Waals surface area contributed by atoms with Gasteiger partial charge in [-0.25, -0.2) is 0 Å². The molecule has 0 radical (unpaired) electrons. The van der Waals surface area contributed by atoms with Crippen LogP contribution in [0.5, 0.6) is 0 Å². The average molecular weight is 994 g/mol. The van der Waals surface area contributed by atoms with Crippen LogP contribution in [0.2, 0.25) is 0 Å². The van der Waals surface area contributed by atoms with Gasteiger partial charge in [-0.2, -0.15) is 0 Å². The molecule has 0 N–H and O–H groups in total. The van der Waals surface area contributed by atoms with E-state index in [1.807, 2.05) is 182 Å². The van der Waals surface area contributed by atoms with Crippen molar-refractivity contribution in [3.63, 3.8) is 0 Å². The standard InChI is InChI=1S/4C14H14N.C6H6.2Zn/c4*1-3-7-13(8-4-1)11-15-12-14-9-5-2-6-10-14;1-2-4-6-5-3-1;;/h4*1-10H,11-12H2;1-6H;;/q4*-1;;2*+2. The molecule has 0 atom stereocenters. The molecule has 0 aliphatic rings. The van der Waals surface area contributed by atoms with E-state index in [9.17, 15) is 0 Å². The first-order valence-corrected chi connectivity index (χ1v) is 22.6. The van der Waals surface area contributed by atoms with Gasteiger partial charge in [-0.15, -0.1) is 52.4 Å². The van der Waals surface area contributed by atoms with Gasteiger partial charge in [0, 0.05) is 0 Å². The van der Waals surface area contributed by atoms with Crippen LogP contribution >= 0.6 is 0 Å². The van der Waals surface area contributed by atoms with Crippen molar-refractivity contribution in [2.75, 3.05) is 0 Å². The van der Waals surface area contributed by atoms with Gasteiger partial charge in [0.05, 0.1) is 0 Å². The van der Waals surface area contributed by atoms with Crippen molar-refractivity contribution in [3.8, 4) is 0 Å². The molecule has 0 saturated carbocycles. The van der Waals surface area contributed by atoms with E-state index >= 15 is 0 Å². The third kappa shape index (κ3) is 27.0. The zero-order valence-electron chi connectivity index (χ0n) is 39.4. The number of nitrogens with zero attached hydrogens (tertiary/aromatic N) is 4. The van der Waals surface area contributed by atoms with E-state index in [1.54, 1.807) is 0 Å². The van der Waals surface area contributed by atoms with Gasteiger partial charge in [-0.1, -0.05) is 324 Å². The van der Waals surface area contributed by atoms with E-state index in [0.29, 0.717) is 0 Å². The topological polar surface area (TPSA) is 56.4 Å². The smallest absolute Gasteiger partial charge is 0.655 e. The van der Waals surface area contributed by atoms with E-state index in [1.165, 1.54) is 44.5 Å². The first kappa shape index (κ1) is 56.4. The second-order valence-electron chi connectivity index (χ2n) is 15.2. The molecule has 0 aliphatic heterocycles. The SMILES string of the molecule is [Zn+2].[Zn+2].c1ccc(C[N-]Cc2ccccc2)cc1.c1ccc(C[N-]Cc2ccccc2)cc1.c1ccc(C[N-]Cc2ccccc2)cc1.c1ccc(C[N-]Cc2ccccc2)cc1.c1ccccc1. The minimum absolute atomic E-state index is 0. The molecular weight excluding hydrogens is 931 g/mol. The number of benzene rings is 9. The molecule has 9 rings (SSSR count). The monoisotopic (exact) mass is 990 g/mol. The molecule has 9 aromatic carbocycles. The van der Waals surface area contributed by atoms with E-state index in [-0.39, 0.29) is 39.0 Å². The zero-order chi connectivity index (χ0) is 45.6. The van der Waals surface area contributed by atoms with Crippen LogP contribution in [0, 0.1) is 0 Å². The first-order chi connectivity index (χ1) is 32.8. The molecule has 0 bridgehead atoms. The summed E-state index contributed by atoms with van der Waals surface area (Å²) in [6.07, 6.45) is 0. The van der Waals surface area contributed by atoms with Gasteiger partial charge >= 0.3 is 39.0 Å². The fourth-order valence-electron chi connectivity index (χ4n) is 6.31. The Labute approximate surface area is 433 Å². The molecule has 0 spiro atoms. The summed E-state index contributed by atoms with van der Waals surface area (Å²) in [6.45, 7) is 6.41. The van der Waals surface area contributed by atoms with Crippen LogP contribution in [-0.2, 0) is 91.3 Å². The van der Waals surface area contributed by atoms with Gasteiger partial charge in [-0.3, -0.25) is 0 Å². The van der Waals surface area contributed by atoms with Crippen LogP contribution < -0.4 is 0 Å². The summed E-state index contributed by atoms with van der Waals surface area (Å²) in [5.74, 6) is 0. The van der Waals surface area contributed by atoms with E-state index in [4.69, 9.17) is 0 Å². The molecule has 0 heterocycles. The van der Waals surface area contributed by atoms with Gasteiger partial charge in [0.2, 0.25) is 0 Å². The van der Waals surface area contributed by atoms with Gasteiger partial charge in [0.1, 0.15) is 0 Å². The predicted octanol–water partition coefficient (Wildman–Crippen LogP) is 16.7. The molecule has 9 aromatic rings. The average Bonchev–Trinajstić information content (AvgIpc) is 3.40. The molecule has 0 saturated heterocycles. The molecule has 0 aromatic heterocycles. The fraction of sp³-hybridized carbons (Fsp3) is 0.129. The van der Waals surface area contributed by atoms with Crippen molar-refractivity contribution in [1.82, 2.24) is 0 Å². The van der Waals surface area contributed by atoms with Crippen LogP contribution in [0.15, 0.2) is 279 Å².